The molecule has 3 heteroatoms. The van der Waals surface area contributed by atoms with Crippen LogP contribution in [-0.2, 0) is 0 Å². The molecule has 3 N–H and O–H groups in total. The van der Waals surface area contributed by atoms with Gasteiger partial charge in [-0.1, -0.05) is 58.3 Å². The molecule has 106 valence electrons. The van der Waals surface area contributed by atoms with Crippen molar-refractivity contribution in [3.05, 3.63) is 0 Å². The Labute approximate surface area is 113 Å². The summed E-state index contributed by atoms with van der Waals surface area (Å²) in [7, 11) is 0. The van der Waals surface area contributed by atoms with Crippen molar-refractivity contribution in [1.29, 1.82) is 0 Å². The van der Waals surface area contributed by atoms with Crippen LogP contribution in [0.1, 0.15) is 77.6 Å². The van der Waals surface area contributed by atoms with Crippen molar-refractivity contribution >= 4 is 5.96 Å². The second-order valence-electron chi connectivity index (χ2n) is 5.51. The Morgan fingerprint density at radius 2 is 1.89 bits per heavy atom. The molecule has 18 heavy (non-hydrogen) atoms. The van der Waals surface area contributed by atoms with E-state index in [-0.39, 0.29) is 0 Å². The van der Waals surface area contributed by atoms with Gasteiger partial charge in [-0.05, 0) is 19.3 Å². The maximum atomic E-state index is 5.91. The zero-order valence-electron chi connectivity index (χ0n) is 12.1. The molecular formula is C15H31N3. The zero-order chi connectivity index (χ0) is 13.1. The number of rotatable bonds is 6. The van der Waals surface area contributed by atoms with E-state index >= 15 is 0 Å². The third-order valence-electron chi connectivity index (χ3n) is 3.75. The van der Waals surface area contributed by atoms with E-state index < -0.39 is 0 Å². The summed E-state index contributed by atoms with van der Waals surface area (Å²) in [5.74, 6) is 0.662. The zero-order valence-corrected chi connectivity index (χ0v) is 12.1. The van der Waals surface area contributed by atoms with Gasteiger partial charge in [0.05, 0.1) is 0 Å². The molecule has 0 radical (unpaired) electrons. The Hall–Kier alpha value is -0.730. The predicted molar refractivity (Wildman–Crippen MR) is 79.9 cm³/mol. The van der Waals surface area contributed by atoms with E-state index in [4.69, 9.17) is 5.73 Å². The molecule has 1 aliphatic rings. The Bertz CT molecular complexity index is 226. The van der Waals surface area contributed by atoms with Crippen molar-refractivity contribution < 1.29 is 0 Å². The minimum atomic E-state index is 0.550. The average molecular weight is 253 g/mol. The van der Waals surface area contributed by atoms with Crippen LogP contribution in [0.5, 0.6) is 0 Å². The Morgan fingerprint density at radius 1 is 1.11 bits per heavy atom. The van der Waals surface area contributed by atoms with Crippen LogP contribution in [0.25, 0.3) is 0 Å². The number of hydrogen-bond donors (Lipinski definition) is 2. The number of unbranched alkanes of at least 4 members (excludes halogenated alkanes) is 4. The topological polar surface area (TPSA) is 50.4 Å². The first kappa shape index (κ1) is 15.3. The van der Waals surface area contributed by atoms with Crippen LogP contribution in [-0.4, -0.2) is 18.5 Å². The van der Waals surface area contributed by atoms with Crippen LogP contribution >= 0.6 is 0 Å². The van der Waals surface area contributed by atoms with E-state index in [1.165, 1.54) is 70.6 Å². The average Bonchev–Trinajstić information content (AvgIpc) is 2.37. The van der Waals surface area contributed by atoms with Crippen LogP contribution in [0.2, 0.25) is 0 Å². The SMILES string of the molecule is CCCCCCCC1CCCCCCN=C(N)N1. The summed E-state index contributed by atoms with van der Waals surface area (Å²) in [6, 6.07) is 0.550. The van der Waals surface area contributed by atoms with Gasteiger partial charge in [-0.15, -0.1) is 0 Å². The van der Waals surface area contributed by atoms with Crippen LogP contribution < -0.4 is 11.1 Å². The summed E-state index contributed by atoms with van der Waals surface area (Å²) in [5, 5.41) is 3.41. The lowest BCUT2D eigenvalue weighted by Crippen LogP contribution is -2.40. The molecule has 0 aliphatic carbocycles. The first-order valence-corrected chi connectivity index (χ1v) is 7.89. The molecule has 0 amide bonds. The normalized spacial score (nSPS) is 22.1. The Balaban J connectivity index is 2.23. The van der Waals surface area contributed by atoms with Crippen molar-refractivity contribution in [1.82, 2.24) is 5.32 Å². The Kier molecular flexibility index (Phi) is 8.70. The molecule has 0 aromatic heterocycles. The second-order valence-corrected chi connectivity index (χ2v) is 5.51. The third kappa shape index (κ3) is 7.57. The van der Waals surface area contributed by atoms with Gasteiger partial charge in [-0.2, -0.15) is 0 Å². The summed E-state index contributed by atoms with van der Waals surface area (Å²) in [5.41, 5.74) is 5.91. The highest BCUT2D eigenvalue weighted by molar-refractivity contribution is 5.78. The molecule has 1 heterocycles. The number of nitrogens with two attached hydrogens (primary N) is 1. The quantitative estimate of drug-likeness (QED) is 0.711. The summed E-state index contributed by atoms with van der Waals surface area (Å²) in [6.45, 7) is 3.15. The standard InChI is InChI=1S/C15H31N3/c1-2-3-4-5-8-11-14-12-9-6-7-10-13-17-15(16)18-14/h14H,2-13H2,1H3,(H3,16,17,18). The van der Waals surface area contributed by atoms with E-state index in [9.17, 15) is 0 Å². The minimum absolute atomic E-state index is 0.550. The van der Waals surface area contributed by atoms with E-state index in [2.05, 4.69) is 17.2 Å². The van der Waals surface area contributed by atoms with E-state index in [1.807, 2.05) is 0 Å². The molecule has 1 unspecified atom stereocenters. The van der Waals surface area contributed by atoms with Crippen molar-refractivity contribution in [3.8, 4) is 0 Å². The first-order chi connectivity index (χ1) is 8.83. The van der Waals surface area contributed by atoms with Gasteiger partial charge in [-0.25, -0.2) is 0 Å². The fourth-order valence-corrected chi connectivity index (χ4v) is 2.59. The van der Waals surface area contributed by atoms with Crippen LogP contribution in [0.15, 0.2) is 4.99 Å². The number of hydrogen-bond acceptors (Lipinski definition) is 3. The van der Waals surface area contributed by atoms with E-state index in [0.29, 0.717) is 12.0 Å². The summed E-state index contributed by atoms with van der Waals surface area (Å²) < 4.78 is 0. The smallest absolute Gasteiger partial charge is 0.188 e. The summed E-state index contributed by atoms with van der Waals surface area (Å²) >= 11 is 0. The van der Waals surface area contributed by atoms with Gasteiger partial charge in [-0.3, -0.25) is 4.99 Å². The maximum Gasteiger partial charge on any atom is 0.188 e. The molecule has 1 atom stereocenters. The van der Waals surface area contributed by atoms with Crippen molar-refractivity contribution in [2.45, 2.75) is 83.6 Å². The molecule has 3 nitrogen and oxygen atoms in total. The fourth-order valence-electron chi connectivity index (χ4n) is 2.59. The van der Waals surface area contributed by atoms with Crippen molar-refractivity contribution in [3.63, 3.8) is 0 Å². The van der Waals surface area contributed by atoms with Gasteiger partial charge in [0.1, 0.15) is 0 Å². The van der Waals surface area contributed by atoms with Gasteiger partial charge in [0.2, 0.25) is 0 Å². The molecule has 0 bridgehead atoms. The highest BCUT2D eigenvalue weighted by Gasteiger charge is 2.10. The highest BCUT2D eigenvalue weighted by atomic mass is 15.1. The molecule has 1 rings (SSSR count). The third-order valence-corrected chi connectivity index (χ3v) is 3.75. The number of nitrogens with one attached hydrogen (secondary N) is 1. The lowest BCUT2D eigenvalue weighted by Gasteiger charge is -2.20. The minimum Gasteiger partial charge on any atom is -0.370 e. The first-order valence-electron chi connectivity index (χ1n) is 7.89. The number of guanidine groups is 1. The maximum absolute atomic E-state index is 5.91. The van der Waals surface area contributed by atoms with Crippen LogP contribution in [0, 0.1) is 0 Å². The van der Waals surface area contributed by atoms with Crippen molar-refractivity contribution in [2.75, 3.05) is 6.54 Å². The fraction of sp³-hybridized carbons (Fsp3) is 0.933. The molecule has 0 saturated carbocycles. The molecule has 0 aromatic carbocycles. The van der Waals surface area contributed by atoms with Crippen molar-refractivity contribution in [2.24, 2.45) is 10.7 Å². The van der Waals surface area contributed by atoms with Crippen LogP contribution in [0.3, 0.4) is 0 Å². The molecular weight excluding hydrogens is 222 g/mol. The van der Waals surface area contributed by atoms with Gasteiger partial charge in [0.25, 0.3) is 0 Å². The second kappa shape index (κ2) is 10.2. The largest absolute Gasteiger partial charge is 0.370 e. The Morgan fingerprint density at radius 3 is 2.72 bits per heavy atom. The number of aliphatic imine (C=N–C) groups is 1. The lowest BCUT2D eigenvalue weighted by molar-refractivity contribution is 0.454. The van der Waals surface area contributed by atoms with Gasteiger partial charge in [0, 0.05) is 12.6 Å². The van der Waals surface area contributed by atoms with Crippen LogP contribution in [0.4, 0.5) is 0 Å². The lowest BCUT2D eigenvalue weighted by atomic mass is 10.0. The molecule has 0 spiro atoms. The summed E-state index contributed by atoms with van der Waals surface area (Å²) in [4.78, 5) is 4.38. The van der Waals surface area contributed by atoms with E-state index in [1.54, 1.807) is 0 Å². The van der Waals surface area contributed by atoms with Gasteiger partial charge >= 0.3 is 0 Å². The molecule has 0 saturated heterocycles. The monoisotopic (exact) mass is 253 g/mol. The summed E-state index contributed by atoms with van der Waals surface area (Å²) in [6.07, 6.45) is 14.4. The molecule has 1 aliphatic heterocycles. The molecule has 0 aromatic rings. The predicted octanol–water partition coefficient (Wildman–Crippen LogP) is 3.58. The van der Waals surface area contributed by atoms with Gasteiger partial charge in [0.15, 0.2) is 5.96 Å². The van der Waals surface area contributed by atoms with Gasteiger partial charge < -0.3 is 11.1 Å². The highest BCUT2D eigenvalue weighted by Crippen LogP contribution is 2.13. The van der Waals surface area contributed by atoms with E-state index in [0.717, 1.165) is 6.54 Å². The molecule has 0 fully saturated rings. The number of nitrogens with zero attached hydrogens (tertiary/aromatic N) is 1.